The number of carbonyl (C=O) groups is 1. The largest absolute Gasteiger partial charge is 0.618 e. The third-order valence-corrected chi connectivity index (χ3v) is 5.76. The SMILES string of the molecule is CON(C)C(=O)CN(C)CCCc1ccc2c([n+]1[O-])CCCC21CC1. The number of nitrogens with zero attached hydrogens (tertiary/aromatic N) is 3. The topological polar surface area (TPSA) is 59.7 Å². The van der Waals surface area contributed by atoms with Crippen LogP contribution in [0.1, 0.15) is 49.1 Å². The van der Waals surface area contributed by atoms with Gasteiger partial charge >= 0.3 is 0 Å². The van der Waals surface area contributed by atoms with Gasteiger partial charge in [0.05, 0.1) is 13.7 Å². The van der Waals surface area contributed by atoms with Gasteiger partial charge in [-0.05, 0) is 51.8 Å². The molecule has 138 valence electrons. The molecule has 2 aliphatic rings. The maximum Gasteiger partial charge on any atom is 0.259 e. The molecule has 3 rings (SSSR count). The van der Waals surface area contributed by atoms with E-state index in [0.29, 0.717) is 12.0 Å². The molecule has 0 saturated heterocycles. The molecule has 1 aromatic heterocycles. The number of hydrogen-bond acceptors (Lipinski definition) is 4. The van der Waals surface area contributed by atoms with Crippen LogP contribution in [-0.4, -0.2) is 50.2 Å². The summed E-state index contributed by atoms with van der Waals surface area (Å²) in [6.07, 6.45) is 7.37. The summed E-state index contributed by atoms with van der Waals surface area (Å²) < 4.78 is 1.19. The molecule has 0 aromatic carbocycles. The minimum Gasteiger partial charge on any atom is -0.618 e. The van der Waals surface area contributed by atoms with E-state index >= 15 is 0 Å². The molecule has 6 nitrogen and oxygen atoms in total. The number of rotatable bonds is 7. The van der Waals surface area contributed by atoms with Gasteiger partial charge in [-0.1, -0.05) is 0 Å². The van der Waals surface area contributed by atoms with Crippen molar-refractivity contribution in [1.82, 2.24) is 9.96 Å². The minimum absolute atomic E-state index is 0.0765. The van der Waals surface area contributed by atoms with Crippen molar-refractivity contribution in [2.24, 2.45) is 0 Å². The van der Waals surface area contributed by atoms with E-state index in [1.54, 1.807) is 7.05 Å². The Labute approximate surface area is 149 Å². The zero-order valence-electron chi connectivity index (χ0n) is 15.6. The van der Waals surface area contributed by atoms with Gasteiger partial charge in [0.1, 0.15) is 0 Å². The second-order valence-electron chi connectivity index (χ2n) is 7.53. The summed E-state index contributed by atoms with van der Waals surface area (Å²) in [6, 6.07) is 4.22. The zero-order valence-corrected chi connectivity index (χ0v) is 15.6. The lowest BCUT2D eigenvalue weighted by Crippen LogP contribution is -2.41. The van der Waals surface area contributed by atoms with E-state index in [4.69, 9.17) is 4.84 Å². The van der Waals surface area contributed by atoms with Crippen LogP contribution >= 0.6 is 0 Å². The maximum absolute atomic E-state index is 12.7. The van der Waals surface area contributed by atoms with Crippen LogP contribution in [0.25, 0.3) is 0 Å². The van der Waals surface area contributed by atoms with Gasteiger partial charge in [0, 0.05) is 36.9 Å². The average Bonchev–Trinajstić information content (AvgIpc) is 3.36. The summed E-state index contributed by atoms with van der Waals surface area (Å²) >= 11 is 0. The van der Waals surface area contributed by atoms with Gasteiger partial charge in [0.15, 0.2) is 11.4 Å². The third-order valence-electron chi connectivity index (χ3n) is 5.76. The molecule has 1 aromatic rings. The maximum atomic E-state index is 12.7. The predicted molar refractivity (Wildman–Crippen MR) is 94.8 cm³/mol. The fourth-order valence-corrected chi connectivity index (χ4v) is 3.97. The molecule has 0 unspecified atom stereocenters. The van der Waals surface area contributed by atoms with Gasteiger partial charge in [-0.2, -0.15) is 4.73 Å². The molecule has 1 fully saturated rings. The number of amides is 1. The number of hydroxylamine groups is 2. The molecule has 0 N–H and O–H groups in total. The number of pyridine rings is 1. The number of carbonyl (C=O) groups excluding carboxylic acids is 1. The molecule has 25 heavy (non-hydrogen) atoms. The van der Waals surface area contributed by atoms with Crippen LogP contribution in [0.5, 0.6) is 0 Å². The Balaban J connectivity index is 1.55. The average molecular weight is 347 g/mol. The van der Waals surface area contributed by atoms with E-state index < -0.39 is 0 Å². The summed E-state index contributed by atoms with van der Waals surface area (Å²) in [4.78, 5) is 18.7. The van der Waals surface area contributed by atoms with Crippen molar-refractivity contribution < 1.29 is 14.4 Å². The third kappa shape index (κ3) is 3.80. The Bertz CT molecular complexity index is 643. The van der Waals surface area contributed by atoms with E-state index in [9.17, 15) is 10.0 Å². The fourth-order valence-electron chi connectivity index (χ4n) is 3.97. The van der Waals surface area contributed by atoms with Gasteiger partial charge in [-0.15, -0.1) is 0 Å². The summed E-state index contributed by atoms with van der Waals surface area (Å²) in [5, 5.41) is 14.0. The highest BCUT2D eigenvalue weighted by atomic mass is 16.7. The minimum atomic E-state index is -0.0765. The molecule has 0 radical (unpaired) electrons. The van der Waals surface area contributed by atoms with Crippen LogP contribution in [0.15, 0.2) is 12.1 Å². The second-order valence-corrected chi connectivity index (χ2v) is 7.53. The van der Waals surface area contributed by atoms with Crippen molar-refractivity contribution in [2.75, 3.05) is 34.3 Å². The summed E-state index contributed by atoms with van der Waals surface area (Å²) in [7, 11) is 5.00. The Morgan fingerprint density at radius 3 is 2.76 bits per heavy atom. The predicted octanol–water partition coefficient (Wildman–Crippen LogP) is 1.57. The molecular formula is C19H29N3O3. The monoisotopic (exact) mass is 347 g/mol. The Hall–Kier alpha value is -1.66. The lowest BCUT2D eigenvalue weighted by Gasteiger charge is -2.24. The zero-order chi connectivity index (χ0) is 18.0. The summed E-state index contributed by atoms with van der Waals surface area (Å²) in [5.74, 6) is -0.0765. The fraction of sp³-hybridized carbons (Fsp3) is 0.684. The first-order chi connectivity index (χ1) is 12.0. The molecule has 1 saturated carbocycles. The highest BCUT2D eigenvalue weighted by Crippen LogP contribution is 2.54. The first kappa shape index (κ1) is 18.1. The molecule has 0 bridgehead atoms. The molecule has 0 aliphatic heterocycles. The quantitative estimate of drug-likeness (QED) is 0.427. The second kappa shape index (κ2) is 7.30. The van der Waals surface area contributed by atoms with Crippen LogP contribution in [0.3, 0.4) is 0 Å². The normalized spacial score (nSPS) is 17.6. The lowest BCUT2D eigenvalue weighted by atomic mass is 9.82. The molecule has 0 atom stereocenters. The number of aryl methyl sites for hydroxylation is 1. The van der Waals surface area contributed by atoms with Gasteiger partial charge in [-0.25, -0.2) is 5.06 Å². The molecule has 1 heterocycles. The van der Waals surface area contributed by atoms with E-state index in [0.717, 1.165) is 43.6 Å². The smallest absolute Gasteiger partial charge is 0.259 e. The highest BCUT2D eigenvalue weighted by molar-refractivity contribution is 5.76. The Morgan fingerprint density at radius 1 is 1.32 bits per heavy atom. The molecule has 1 amide bonds. The molecule has 1 spiro atoms. The Kier molecular flexibility index (Phi) is 5.29. The van der Waals surface area contributed by atoms with Crippen LogP contribution in [0.2, 0.25) is 0 Å². The first-order valence-electron chi connectivity index (χ1n) is 9.21. The molecule has 2 aliphatic carbocycles. The van der Waals surface area contributed by atoms with Gasteiger partial charge < -0.3 is 5.21 Å². The van der Waals surface area contributed by atoms with Crippen molar-refractivity contribution in [3.8, 4) is 0 Å². The van der Waals surface area contributed by atoms with Crippen LogP contribution in [0, 0.1) is 5.21 Å². The van der Waals surface area contributed by atoms with Crippen LogP contribution in [-0.2, 0) is 27.9 Å². The number of aromatic nitrogens is 1. The molecule has 6 heteroatoms. The first-order valence-corrected chi connectivity index (χ1v) is 9.21. The van der Waals surface area contributed by atoms with Gasteiger partial charge in [-0.3, -0.25) is 14.5 Å². The van der Waals surface area contributed by atoms with Crippen molar-refractivity contribution in [3.05, 3.63) is 34.3 Å². The van der Waals surface area contributed by atoms with Crippen molar-refractivity contribution >= 4 is 5.91 Å². The standard InChI is InChI=1S/C19H29N3O3/c1-20(14-18(23)21(2)25-3)13-5-6-15-8-9-16-17(22(15)24)7-4-10-19(16)11-12-19/h8-9H,4-7,10-14H2,1-3H3. The lowest BCUT2D eigenvalue weighted by molar-refractivity contribution is -0.623. The highest BCUT2D eigenvalue weighted by Gasteiger charge is 2.49. The van der Waals surface area contributed by atoms with Crippen molar-refractivity contribution in [2.45, 2.75) is 50.4 Å². The summed E-state index contributed by atoms with van der Waals surface area (Å²) in [6.45, 7) is 1.08. The van der Waals surface area contributed by atoms with E-state index in [1.807, 2.05) is 18.0 Å². The number of fused-ring (bicyclic) bond motifs is 2. The van der Waals surface area contributed by atoms with Crippen molar-refractivity contribution in [3.63, 3.8) is 0 Å². The van der Waals surface area contributed by atoms with Crippen LogP contribution < -0.4 is 4.73 Å². The van der Waals surface area contributed by atoms with Crippen LogP contribution in [0.4, 0.5) is 0 Å². The number of likely N-dealkylation sites (N-methyl/N-ethyl adjacent to an activating group) is 2. The number of hydrogen-bond donors (Lipinski definition) is 0. The molecular weight excluding hydrogens is 318 g/mol. The van der Waals surface area contributed by atoms with Crippen molar-refractivity contribution in [1.29, 1.82) is 0 Å². The van der Waals surface area contributed by atoms with E-state index in [1.165, 1.54) is 41.7 Å². The van der Waals surface area contributed by atoms with E-state index in [-0.39, 0.29) is 5.91 Å². The van der Waals surface area contributed by atoms with E-state index in [2.05, 4.69) is 6.07 Å². The summed E-state index contributed by atoms with van der Waals surface area (Å²) in [5.41, 5.74) is 3.51. The Morgan fingerprint density at radius 2 is 2.08 bits per heavy atom. The van der Waals surface area contributed by atoms with Gasteiger partial charge in [0.2, 0.25) is 0 Å². The van der Waals surface area contributed by atoms with Gasteiger partial charge in [0.25, 0.3) is 5.91 Å².